The maximum absolute atomic E-state index is 2.50. The molecule has 7 aromatic carbocycles. The van der Waals surface area contributed by atoms with Gasteiger partial charge >= 0.3 is 0 Å². The van der Waals surface area contributed by atoms with Crippen molar-refractivity contribution in [1.82, 2.24) is 9.13 Å². The van der Waals surface area contributed by atoms with Crippen molar-refractivity contribution < 1.29 is 0 Å². The van der Waals surface area contributed by atoms with E-state index in [9.17, 15) is 0 Å². The standard InChI is InChI=1S/C45H30N2/c1-4-14-32(15-5-1)45(33-16-6-2-7-17-33)40-22-12-10-20-36(40)37-27-25-35(30-41(37)45)47-42-23-13-11-21-38(42)39-26-24-31-28-29-46(43(31)44(39)47)34-18-8-3-9-19-34/h1-30H. The minimum atomic E-state index is -0.456. The van der Waals surface area contributed by atoms with E-state index in [4.69, 9.17) is 0 Å². The van der Waals surface area contributed by atoms with Crippen LogP contribution in [0.5, 0.6) is 0 Å². The summed E-state index contributed by atoms with van der Waals surface area (Å²) in [5.41, 5.74) is 13.3. The molecule has 1 aliphatic carbocycles. The van der Waals surface area contributed by atoms with Gasteiger partial charge in [-0.05, 0) is 69.8 Å². The van der Waals surface area contributed by atoms with Gasteiger partial charge in [-0.2, -0.15) is 0 Å². The zero-order chi connectivity index (χ0) is 31.0. The van der Waals surface area contributed by atoms with Gasteiger partial charge in [0.05, 0.1) is 22.0 Å². The van der Waals surface area contributed by atoms with Gasteiger partial charge in [0.15, 0.2) is 0 Å². The molecule has 0 spiro atoms. The van der Waals surface area contributed by atoms with Crippen LogP contribution in [0, 0.1) is 0 Å². The molecule has 0 radical (unpaired) electrons. The van der Waals surface area contributed by atoms with Crippen molar-refractivity contribution in [3.8, 4) is 22.5 Å². The first-order chi connectivity index (χ1) is 23.3. The average Bonchev–Trinajstić information content (AvgIpc) is 3.82. The molecular weight excluding hydrogens is 569 g/mol. The third-order valence-corrected chi connectivity index (χ3v) is 10.2. The molecule has 0 amide bonds. The summed E-state index contributed by atoms with van der Waals surface area (Å²) in [6.45, 7) is 0. The van der Waals surface area contributed by atoms with Gasteiger partial charge in [-0.15, -0.1) is 0 Å². The summed E-state index contributed by atoms with van der Waals surface area (Å²) in [5, 5.41) is 3.73. The number of hydrogen-bond donors (Lipinski definition) is 0. The Morgan fingerprint density at radius 1 is 0.404 bits per heavy atom. The lowest BCUT2D eigenvalue weighted by molar-refractivity contribution is 0.767. The van der Waals surface area contributed by atoms with Gasteiger partial charge in [-0.1, -0.05) is 140 Å². The van der Waals surface area contributed by atoms with Crippen LogP contribution in [0.15, 0.2) is 182 Å². The van der Waals surface area contributed by atoms with E-state index in [1.807, 2.05) is 0 Å². The Balaban J connectivity index is 1.34. The molecule has 0 aliphatic heterocycles. The molecule has 220 valence electrons. The molecule has 2 nitrogen and oxygen atoms in total. The third kappa shape index (κ3) is 3.55. The second-order valence-corrected chi connectivity index (χ2v) is 12.5. The first-order valence-corrected chi connectivity index (χ1v) is 16.3. The van der Waals surface area contributed by atoms with Gasteiger partial charge in [-0.3, -0.25) is 0 Å². The fraction of sp³-hybridized carbons (Fsp3) is 0.0222. The monoisotopic (exact) mass is 598 g/mol. The molecule has 0 saturated heterocycles. The molecule has 0 bridgehead atoms. The first-order valence-electron chi connectivity index (χ1n) is 16.3. The van der Waals surface area contributed by atoms with E-state index >= 15 is 0 Å². The van der Waals surface area contributed by atoms with Gasteiger partial charge < -0.3 is 9.13 Å². The number of aromatic nitrogens is 2. The number of fused-ring (bicyclic) bond motifs is 8. The third-order valence-electron chi connectivity index (χ3n) is 10.2. The molecule has 1 aliphatic rings. The molecule has 0 N–H and O–H groups in total. The number of nitrogens with zero attached hydrogens (tertiary/aromatic N) is 2. The first kappa shape index (κ1) is 26.1. The van der Waals surface area contributed by atoms with Crippen LogP contribution in [0.4, 0.5) is 0 Å². The van der Waals surface area contributed by atoms with Gasteiger partial charge in [0.2, 0.25) is 0 Å². The predicted molar refractivity (Wildman–Crippen MR) is 195 cm³/mol. The lowest BCUT2D eigenvalue weighted by atomic mass is 9.67. The van der Waals surface area contributed by atoms with Gasteiger partial charge in [0, 0.05) is 33.7 Å². The maximum Gasteiger partial charge on any atom is 0.0788 e. The van der Waals surface area contributed by atoms with Gasteiger partial charge in [-0.25, -0.2) is 0 Å². The summed E-state index contributed by atoms with van der Waals surface area (Å²) < 4.78 is 4.84. The van der Waals surface area contributed by atoms with E-state index in [2.05, 4.69) is 191 Å². The van der Waals surface area contributed by atoms with E-state index in [-0.39, 0.29) is 0 Å². The van der Waals surface area contributed by atoms with Crippen LogP contribution in [0.1, 0.15) is 22.3 Å². The Labute approximate surface area is 273 Å². The van der Waals surface area contributed by atoms with Crippen molar-refractivity contribution >= 4 is 32.7 Å². The molecule has 0 unspecified atom stereocenters. The summed E-state index contributed by atoms with van der Waals surface area (Å²) in [4.78, 5) is 0. The highest BCUT2D eigenvalue weighted by atomic mass is 15.0. The summed E-state index contributed by atoms with van der Waals surface area (Å²) >= 11 is 0. The van der Waals surface area contributed by atoms with Crippen molar-refractivity contribution in [2.45, 2.75) is 5.41 Å². The van der Waals surface area contributed by atoms with Crippen LogP contribution in [-0.4, -0.2) is 9.13 Å². The lowest BCUT2D eigenvalue weighted by Crippen LogP contribution is -2.28. The smallest absolute Gasteiger partial charge is 0.0788 e. The van der Waals surface area contributed by atoms with Gasteiger partial charge in [0.1, 0.15) is 0 Å². The van der Waals surface area contributed by atoms with E-state index in [0.717, 1.165) is 11.4 Å². The average molecular weight is 599 g/mol. The normalized spacial score (nSPS) is 13.3. The topological polar surface area (TPSA) is 9.86 Å². The van der Waals surface area contributed by atoms with Crippen LogP contribution >= 0.6 is 0 Å². The fourth-order valence-corrected chi connectivity index (χ4v) is 8.32. The Bertz CT molecular complexity index is 2570. The van der Waals surface area contributed by atoms with E-state index in [0.29, 0.717) is 0 Å². The molecule has 0 atom stereocenters. The van der Waals surface area contributed by atoms with Crippen molar-refractivity contribution in [3.63, 3.8) is 0 Å². The Kier molecular flexibility index (Phi) is 5.53. The maximum atomic E-state index is 2.50. The van der Waals surface area contributed by atoms with E-state index in [1.54, 1.807) is 0 Å². The zero-order valence-electron chi connectivity index (χ0n) is 25.7. The molecule has 10 rings (SSSR count). The summed E-state index contributed by atoms with van der Waals surface area (Å²) in [5.74, 6) is 0. The van der Waals surface area contributed by atoms with Crippen molar-refractivity contribution in [1.29, 1.82) is 0 Å². The number of hydrogen-bond acceptors (Lipinski definition) is 0. The van der Waals surface area contributed by atoms with E-state index < -0.39 is 5.41 Å². The van der Waals surface area contributed by atoms with Crippen LogP contribution in [-0.2, 0) is 5.41 Å². The highest BCUT2D eigenvalue weighted by Gasteiger charge is 2.46. The minimum absolute atomic E-state index is 0.456. The molecule has 2 heterocycles. The van der Waals surface area contributed by atoms with Crippen LogP contribution in [0.2, 0.25) is 0 Å². The molecular formula is C45H30N2. The molecule has 0 saturated carbocycles. The second-order valence-electron chi connectivity index (χ2n) is 12.5. The predicted octanol–water partition coefficient (Wildman–Crippen LogP) is 11.1. The Morgan fingerprint density at radius 2 is 1.04 bits per heavy atom. The Hall–Kier alpha value is -6.12. The Morgan fingerprint density at radius 3 is 1.81 bits per heavy atom. The largest absolute Gasteiger partial charge is 0.315 e. The number of para-hydroxylation sites is 2. The molecule has 2 heteroatoms. The molecule has 0 fully saturated rings. The zero-order valence-corrected chi connectivity index (χ0v) is 25.7. The van der Waals surface area contributed by atoms with Crippen molar-refractivity contribution in [2.24, 2.45) is 0 Å². The summed E-state index contributed by atoms with van der Waals surface area (Å²) in [7, 11) is 0. The summed E-state index contributed by atoms with van der Waals surface area (Å²) in [6, 6.07) is 64.5. The highest BCUT2D eigenvalue weighted by Crippen LogP contribution is 2.56. The lowest BCUT2D eigenvalue weighted by Gasteiger charge is -2.34. The van der Waals surface area contributed by atoms with Crippen LogP contribution < -0.4 is 0 Å². The van der Waals surface area contributed by atoms with E-state index in [1.165, 1.54) is 66.1 Å². The molecule has 47 heavy (non-hydrogen) atoms. The molecule has 2 aromatic heterocycles. The van der Waals surface area contributed by atoms with Crippen LogP contribution in [0.25, 0.3) is 55.2 Å². The van der Waals surface area contributed by atoms with Gasteiger partial charge in [0.25, 0.3) is 0 Å². The minimum Gasteiger partial charge on any atom is -0.315 e. The van der Waals surface area contributed by atoms with Crippen LogP contribution in [0.3, 0.4) is 0 Å². The number of benzene rings is 7. The summed E-state index contributed by atoms with van der Waals surface area (Å²) in [6.07, 6.45) is 2.20. The fourth-order valence-electron chi connectivity index (χ4n) is 8.32. The highest BCUT2D eigenvalue weighted by molar-refractivity contribution is 6.18. The van der Waals surface area contributed by atoms with Crippen molar-refractivity contribution in [2.75, 3.05) is 0 Å². The molecule has 9 aromatic rings. The second kappa shape index (κ2) is 9.94. The van der Waals surface area contributed by atoms with Crippen molar-refractivity contribution in [3.05, 3.63) is 204 Å². The quantitative estimate of drug-likeness (QED) is 0.191. The number of rotatable bonds is 4. The SMILES string of the molecule is c1ccc(-n2ccc3ccc4c5ccccc5n(-c5ccc6c(c5)C(c5ccccc5)(c5ccccc5)c5ccccc5-6)c4c32)cc1.